The lowest BCUT2D eigenvalue weighted by molar-refractivity contribution is 0.0922. The van der Waals surface area contributed by atoms with Gasteiger partial charge in [0.05, 0.1) is 21.3 Å². The van der Waals surface area contributed by atoms with Crippen molar-refractivity contribution in [2.24, 2.45) is 0 Å². The molecule has 0 unspecified atom stereocenters. The molecule has 136 valence electrons. The molecule has 3 rings (SSSR count). The Morgan fingerprint density at radius 1 is 1.38 bits per heavy atom. The summed E-state index contributed by atoms with van der Waals surface area (Å²) in [4.78, 5) is 43.5. The van der Waals surface area contributed by atoms with Crippen molar-refractivity contribution < 1.29 is 9.53 Å². The number of H-pyrrole nitrogens is 2. The number of nitrogens with two attached hydrogens (primary N) is 1. The molecule has 9 nitrogen and oxygen atoms in total. The van der Waals surface area contributed by atoms with E-state index in [0.717, 1.165) is 15.2 Å². The van der Waals surface area contributed by atoms with Crippen LogP contribution < -0.4 is 27.0 Å². The van der Waals surface area contributed by atoms with Crippen molar-refractivity contribution in [1.29, 1.82) is 0 Å². The highest BCUT2D eigenvalue weighted by Gasteiger charge is 2.16. The monoisotopic (exact) mass is 375 g/mol. The van der Waals surface area contributed by atoms with Crippen LogP contribution in [0.4, 0.5) is 5.69 Å². The summed E-state index contributed by atoms with van der Waals surface area (Å²) in [5.41, 5.74) is 4.16. The first-order valence-corrected chi connectivity index (χ1v) is 8.58. The fraction of sp³-hybridized carbons (Fsp3) is 0.250. The van der Waals surface area contributed by atoms with Gasteiger partial charge in [-0.15, -0.1) is 11.3 Å². The minimum atomic E-state index is -0.810. The second kappa shape index (κ2) is 7.00. The average Bonchev–Trinajstić information content (AvgIpc) is 2.95. The van der Waals surface area contributed by atoms with Crippen LogP contribution >= 0.6 is 11.3 Å². The quantitative estimate of drug-likeness (QED) is 0.518. The number of rotatable bonds is 5. The number of hydrogen-bond donors (Lipinski definition) is 4. The van der Waals surface area contributed by atoms with Crippen LogP contribution in [0.1, 0.15) is 22.4 Å². The molecule has 0 aliphatic rings. The van der Waals surface area contributed by atoms with E-state index in [0.29, 0.717) is 5.75 Å². The highest BCUT2D eigenvalue weighted by atomic mass is 32.1. The van der Waals surface area contributed by atoms with Gasteiger partial charge >= 0.3 is 5.69 Å². The molecule has 1 aromatic carbocycles. The number of nitrogens with one attached hydrogen (secondary N) is 3. The van der Waals surface area contributed by atoms with Gasteiger partial charge in [-0.1, -0.05) is 0 Å². The van der Waals surface area contributed by atoms with Crippen molar-refractivity contribution in [2.45, 2.75) is 19.9 Å². The maximum Gasteiger partial charge on any atom is 0.326 e. The summed E-state index contributed by atoms with van der Waals surface area (Å²) in [6, 6.07) is 5.21. The number of fused-ring (bicyclic) bond motifs is 1. The van der Waals surface area contributed by atoms with Gasteiger partial charge < -0.3 is 20.8 Å². The Morgan fingerprint density at radius 2 is 2.15 bits per heavy atom. The van der Waals surface area contributed by atoms with Gasteiger partial charge in [-0.25, -0.2) is 9.78 Å². The average molecular weight is 375 g/mol. The normalized spacial score (nSPS) is 12.1. The van der Waals surface area contributed by atoms with Gasteiger partial charge in [0.25, 0.3) is 11.5 Å². The predicted octanol–water partition coefficient (Wildman–Crippen LogP) is 0.761. The molecule has 0 fully saturated rings. The molecule has 2 aromatic heterocycles. The van der Waals surface area contributed by atoms with Gasteiger partial charge in [-0.05, 0) is 26.0 Å². The van der Waals surface area contributed by atoms with Crippen LogP contribution in [0, 0.1) is 6.92 Å². The topological polar surface area (TPSA) is 143 Å². The number of carbonyl (C=O) groups is 1. The zero-order chi connectivity index (χ0) is 18.8. The third kappa shape index (κ3) is 3.75. The summed E-state index contributed by atoms with van der Waals surface area (Å²) in [7, 11) is 0. The third-order valence-electron chi connectivity index (χ3n) is 3.55. The van der Waals surface area contributed by atoms with E-state index in [1.807, 2.05) is 30.1 Å². The maximum absolute atomic E-state index is 12.2. The lowest BCUT2D eigenvalue weighted by Crippen LogP contribution is -2.40. The number of anilines is 1. The number of aromatic nitrogens is 3. The Balaban J connectivity index is 1.64. The smallest absolute Gasteiger partial charge is 0.326 e. The first-order chi connectivity index (χ1) is 12.3. The summed E-state index contributed by atoms with van der Waals surface area (Å²) < 4.78 is 6.75. The fourth-order valence-corrected chi connectivity index (χ4v) is 3.15. The van der Waals surface area contributed by atoms with Crippen LogP contribution in [-0.2, 0) is 0 Å². The van der Waals surface area contributed by atoms with Gasteiger partial charge in [0, 0.05) is 6.07 Å². The van der Waals surface area contributed by atoms with E-state index in [4.69, 9.17) is 10.5 Å². The van der Waals surface area contributed by atoms with Crippen molar-refractivity contribution in [3.63, 3.8) is 0 Å². The highest BCUT2D eigenvalue weighted by molar-refractivity contribution is 7.18. The lowest BCUT2D eigenvalue weighted by Gasteiger charge is -2.15. The zero-order valence-corrected chi connectivity index (χ0v) is 14.9. The van der Waals surface area contributed by atoms with Gasteiger partial charge in [0.15, 0.2) is 0 Å². The van der Waals surface area contributed by atoms with Gasteiger partial charge in [0.1, 0.15) is 23.7 Å². The molecular weight excluding hydrogens is 358 g/mol. The number of ether oxygens (including phenoxy) is 1. The van der Waals surface area contributed by atoms with Crippen molar-refractivity contribution >= 4 is 33.1 Å². The second-order valence-electron chi connectivity index (χ2n) is 5.74. The standard InChI is InChI=1S/C16H17N5O4S/c1-7(18-15(23)13-12(17)14(22)21-16(24)20-13)6-25-9-3-4-11-10(5-9)19-8(2)26-11/h3-5,7H,6,17H2,1-2H3,(H,18,23)(H2,20,21,22,24)/t7-/m1/s1. The van der Waals surface area contributed by atoms with Crippen molar-refractivity contribution in [1.82, 2.24) is 20.3 Å². The second-order valence-corrected chi connectivity index (χ2v) is 6.98. The number of nitrogen functional groups attached to an aromatic ring is 1. The number of nitrogens with zero attached hydrogens (tertiary/aromatic N) is 1. The van der Waals surface area contributed by atoms with Crippen LogP contribution in [0.15, 0.2) is 27.8 Å². The molecule has 26 heavy (non-hydrogen) atoms. The molecule has 0 saturated heterocycles. The number of thiazole rings is 1. The fourth-order valence-electron chi connectivity index (χ4n) is 2.35. The number of aryl methyl sites for hydroxylation is 1. The highest BCUT2D eigenvalue weighted by Crippen LogP contribution is 2.25. The minimum Gasteiger partial charge on any atom is -0.491 e. The number of carbonyl (C=O) groups excluding carboxylic acids is 1. The number of amides is 1. The summed E-state index contributed by atoms with van der Waals surface area (Å²) in [5, 5.41) is 3.60. The minimum absolute atomic E-state index is 0.188. The molecule has 0 saturated carbocycles. The number of benzene rings is 1. The summed E-state index contributed by atoms with van der Waals surface area (Å²) >= 11 is 1.60. The number of hydrogen-bond acceptors (Lipinski definition) is 7. The summed E-state index contributed by atoms with van der Waals surface area (Å²) in [6.07, 6.45) is 0. The van der Waals surface area contributed by atoms with Crippen molar-refractivity contribution in [3.05, 3.63) is 49.7 Å². The molecule has 2 heterocycles. The SMILES string of the molecule is Cc1nc2cc(OC[C@@H](C)NC(=O)c3[nH]c(=O)[nH]c(=O)c3N)ccc2s1. The lowest BCUT2D eigenvalue weighted by atomic mass is 10.3. The van der Waals surface area contributed by atoms with E-state index in [1.54, 1.807) is 18.3 Å². The van der Waals surface area contributed by atoms with Crippen LogP contribution in [0.5, 0.6) is 5.75 Å². The Labute approximate surface area is 151 Å². The van der Waals surface area contributed by atoms with E-state index < -0.39 is 23.2 Å². The molecule has 1 atom stereocenters. The summed E-state index contributed by atoms with van der Waals surface area (Å²) in [6.45, 7) is 3.85. The first kappa shape index (κ1) is 17.7. The van der Waals surface area contributed by atoms with Gasteiger partial charge in [-0.3, -0.25) is 14.6 Å². The summed E-state index contributed by atoms with van der Waals surface area (Å²) in [5.74, 6) is -0.0275. The molecule has 0 aliphatic heterocycles. The molecule has 0 spiro atoms. The van der Waals surface area contributed by atoms with Gasteiger partial charge in [-0.2, -0.15) is 0 Å². The third-order valence-corrected chi connectivity index (χ3v) is 4.50. The molecule has 3 aromatic rings. The predicted molar refractivity (Wildman–Crippen MR) is 98.9 cm³/mol. The first-order valence-electron chi connectivity index (χ1n) is 7.76. The van der Waals surface area contributed by atoms with Gasteiger partial charge in [0.2, 0.25) is 0 Å². The molecule has 0 radical (unpaired) electrons. The maximum atomic E-state index is 12.2. The van der Waals surface area contributed by atoms with E-state index in [1.165, 1.54) is 0 Å². The molecule has 5 N–H and O–H groups in total. The van der Waals surface area contributed by atoms with E-state index in [2.05, 4.69) is 15.3 Å². The van der Waals surface area contributed by atoms with Crippen LogP contribution in [0.2, 0.25) is 0 Å². The van der Waals surface area contributed by atoms with E-state index >= 15 is 0 Å². The Morgan fingerprint density at radius 3 is 2.92 bits per heavy atom. The van der Waals surface area contributed by atoms with Crippen molar-refractivity contribution in [3.8, 4) is 5.75 Å². The Hall–Kier alpha value is -3.14. The Bertz CT molecular complexity index is 1080. The largest absolute Gasteiger partial charge is 0.491 e. The molecule has 0 aliphatic carbocycles. The van der Waals surface area contributed by atoms with Crippen LogP contribution in [0.25, 0.3) is 10.2 Å². The number of aromatic amines is 2. The van der Waals surface area contributed by atoms with E-state index in [9.17, 15) is 14.4 Å². The molecule has 10 heteroatoms. The van der Waals surface area contributed by atoms with Crippen LogP contribution in [0.3, 0.4) is 0 Å². The zero-order valence-electron chi connectivity index (χ0n) is 14.1. The molecular formula is C16H17N5O4S. The van der Waals surface area contributed by atoms with Crippen LogP contribution in [-0.4, -0.2) is 33.5 Å². The van der Waals surface area contributed by atoms with E-state index in [-0.39, 0.29) is 18.0 Å². The molecule has 0 bridgehead atoms. The molecule has 1 amide bonds. The van der Waals surface area contributed by atoms with Crippen molar-refractivity contribution in [2.75, 3.05) is 12.3 Å². The Kier molecular flexibility index (Phi) is 4.76.